The predicted molar refractivity (Wildman–Crippen MR) is 132 cm³/mol. The lowest BCUT2D eigenvalue weighted by atomic mass is 9.82. The summed E-state index contributed by atoms with van der Waals surface area (Å²) in [5, 5.41) is 15.2. The van der Waals surface area contributed by atoms with E-state index in [1.165, 1.54) is 0 Å². The molecule has 9 nitrogen and oxygen atoms in total. The molecule has 1 saturated heterocycles. The molecule has 0 unspecified atom stereocenters. The molecule has 184 valence electrons. The second-order valence-corrected chi connectivity index (χ2v) is 8.50. The van der Waals surface area contributed by atoms with Gasteiger partial charge in [-0.25, -0.2) is 0 Å². The van der Waals surface area contributed by atoms with Crippen LogP contribution >= 0.6 is 0 Å². The van der Waals surface area contributed by atoms with Gasteiger partial charge in [-0.2, -0.15) is 0 Å². The molecule has 0 radical (unpaired) electrons. The van der Waals surface area contributed by atoms with Gasteiger partial charge >= 0.3 is 5.97 Å². The van der Waals surface area contributed by atoms with Gasteiger partial charge < -0.3 is 30.1 Å². The van der Waals surface area contributed by atoms with Crippen LogP contribution in [0.25, 0.3) is 0 Å². The number of rotatable bonds is 7. The van der Waals surface area contributed by atoms with Gasteiger partial charge in [-0.05, 0) is 55.3 Å². The topological polar surface area (TPSA) is 117 Å². The number of ether oxygens (including phenoxy) is 2. The van der Waals surface area contributed by atoms with Crippen molar-refractivity contribution in [3.8, 4) is 5.75 Å². The standard InChI is InChI=1S/C26H29N3O6/c1-34-19-9-6-17(7-10-19)27-25(31)22-16-18(8-11-23(22)29-12-14-35-15-13-29)28-24(30)20-4-2-3-5-21(20)26(32)33/h2-3,6-11,16,20-21H,4-5,12-15H2,1H3,(H,27,31)(H,28,30)(H,32,33)/t20-,21-/m0/s1. The Kier molecular flexibility index (Phi) is 7.67. The molecule has 1 fully saturated rings. The van der Waals surface area contributed by atoms with Crippen molar-refractivity contribution in [3.05, 3.63) is 60.2 Å². The Morgan fingerprint density at radius 2 is 1.60 bits per heavy atom. The molecular weight excluding hydrogens is 450 g/mol. The molecule has 2 atom stereocenters. The highest BCUT2D eigenvalue weighted by atomic mass is 16.5. The van der Waals surface area contributed by atoms with Gasteiger partial charge in [0.05, 0.1) is 37.7 Å². The lowest BCUT2D eigenvalue weighted by Gasteiger charge is -2.30. The number of amides is 2. The fraction of sp³-hybridized carbons (Fsp3) is 0.346. The molecule has 2 aromatic rings. The summed E-state index contributed by atoms with van der Waals surface area (Å²) in [6.07, 6.45) is 4.30. The Bertz CT molecular complexity index is 1110. The number of benzene rings is 2. The van der Waals surface area contributed by atoms with E-state index in [1.807, 2.05) is 6.08 Å². The van der Waals surface area contributed by atoms with E-state index in [4.69, 9.17) is 9.47 Å². The van der Waals surface area contributed by atoms with Crippen LogP contribution in [-0.4, -0.2) is 56.3 Å². The second-order valence-electron chi connectivity index (χ2n) is 8.50. The van der Waals surface area contributed by atoms with Crippen LogP contribution in [0.3, 0.4) is 0 Å². The molecule has 1 aliphatic carbocycles. The van der Waals surface area contributed by atoms with Crippen LogP contribution in [0.15, 0.2) is 54.6 Å². The zero-order valence-electron chi connectivity index (χ0n) is 19.5. The Morgan fingerprint density at radius 3 is 2.26 bits per heavy atom. The monoisotopic (exact) mass is 479 g/mol. The van der Waals surface area contributed by atoms with Crippen molar-refractivity contribution in [2.24, 2.45) is 11.8 Å². The SMILES string of the molecule is COc1ccc(NC(=O)c2cc(NC(=O)[C@H]3CC=CC[C@@H]3C(=O)O)ccc2N2CCOCC2)cc1. The van der Waals surface area contributed by atoms with E-state index >= 15 is 0 Å². The van der Waals surface area contributed by atoms with E-state index in [0.717, 1.165) is 5.69 Å². The number of methoxy groups -OCH3 is 1. The van der Waals surface area contributed by atoms with Crippen molar-refractivity contribution in [2.75, 3.05) is 48.9 Å². The third-order valence-electron chi connectivity index (χ3n) is 6.29. The first-order valence-corrected chi connectivity index (χ1v) is 11.6. The zero-order chi connectivity index (χ0) is 24.8. The van der Waals surface area contributed by atoms with Crippen molar-refractivity contribution in [1.29, 1.82) is 0 Å². The van der Waals surface area contributed by atoms with Crippen LogP contribution in [-0.2, 0) is 14.3 Å². The van der Waals surface area contributed by atoms with Gasteiger partial charge in [0.2, 0.25) is 5.91 Å². The molecule has 4 rings (SSSR count). The van der Waals surface area contributed by atoms with E-state index in [9.17, 15) is 19.5 Å². The number of morpholine rings is 1. The molecule has 0 saturated carbocycles. The van der Waals surface area contributed by atoms with Crippen molar-refractivity contribution >= 4 is 34.8 Å². The summed E-state index contributed by atoms with van der Waals surface area (Å²) in [6, 6.07) is 12.2. The van der Waals surface area contributed by atoms with E-state index in [1.54, 1.807) is 55.7 Å². The molecule has 1 heterocycles. The molecule has 0 aromatic heterocycles. The molecule has 1 aliphatic heterocycles. The van der Waals surface area contributed by atoms with Crippen LogP contribution in [0.4, 0.5) is 17.1 Å². The minimum atomic E-state index is -0.989. The van der Waals surface area contributed by atoms with Gasteiger partial charge in [-0.15, -0.1) is 0 Å². The number of allylic oxidation sites excluding steroid dienone is 2. The summed E-state index contributed by atoms with van der Waals surface area (Å²) in [6.45, 7) is 2.40. The van der Waals surface area contributed by atoms with Crippen LogP contribution in [0.2, 0.25) is 0 Å². The largest absolute Gasteiger partial charge is 0.497 e. The molecule has 0 spiro atoms. The first-order chi connectivity index (χ1) is 17.0. The lowest BCUT2D eigenvalue weighted by molar-refractivity contribution is -0.146. The average molecular weight is 480 g/mol. The Balaban J connectivity index is 1.58. The van der Waals surface area contributed by atoms with Crippen molar-refractivity contribution in [2.45, 2.75) is 12.8 Å². The minimum absolute atomic E-state index is 0.318. The van der Waals surface area contributed by atoms with E-state index in [0.29, 0.717) is 61.8 Å². The maximum atomic E-state index is 13.3. The Morgan fingerprint density at radius 1 is 0.943 bits per heavy atom. The predicted octanol–water partition coefficient (Wildman–Crippen LogP) is 3.39. The maximum absolute atomic E-state index is 13.3. The quantitative estimate of drug-likeness (QED) is 0.521. The molecule has 3 N–H and O–H groups in total. The summed E-state index contributed by atoms with van der Waals surface area (Å²) in [5.74, 6) is -2.45. The average Bonchev–Trinajstić information content (AvgIpc) is 2.89. The number of carbonyl (C=O) groups excluding carboxylic acids is 2. The normalized spacial score (nSPS) is 19.6. The van der Waals surface area contributed by atoms with Crippen LogP contribution in [0.1, 0.15) is 23.2 Å². The highest BCUT2D eigenvalue weighted by molar-refractivity contribution is 6.09. The summed E-state index contributed by atoms with van der Waals surface area (Å²) in [5.41, 5.74) is 2.18. The van der Waals surface area contributed by atoms with Gasteiger partial charge in [0.1, 0.15) is 5.75 Å². The van der Waals surface area contributed by atoms with E-state index < -0.39 is 17.8 Å². The maximum Gasteiger partial charge on any atom is 0.307 e. The summed E-state index contributed by atoms with van der Waals surface area (Å²) in [4.78, 5) is 39.9. The smallest absolute Gasteiger partial charge is 0.307 e. The Hall–Kier alpha value is -3.85. The van der Waals surface area contributed by atoms with Gasteiger partial charge in [0, 0.05) is 30.2 Å². The van der Waals surface area contributed by atoms with Gasteiger partial charge in [0.15, 0.2) is 0 Å². The lowest BCUT2D eigenvalue weighted by Crippen LogP contribution is -2.37. The van der Waals surface area contributed by atoms with E-state index in [-0.39, 0.29) is 11.8 Å². The molecule has 2 aromatic carbocycles. The highest BCUT2D eigenvalue weighted by Gasteiger charge is 2.34. The number of carboxylic acids is 1. The molecule has 9 heteroatoms. The van der Waals surface area contributed by atoms with Crippen LogP contribution in [0.5, 0.6) is 5.75 Å². The fourth-order valence-electron chi connectivity index (χ4n) is 4.36. The number of hydrogen-bond acceptors (Lipinski definition) is 6. The molecule has 2 aliphatic rings. The molecule has 2 amide bonds. The van der Waals surface area contributed by atoms with Gasteiger partial charge in [-0.1, -0.05) is 12.2 Å². The number of aliphatic carboxylic acids is 1. The number of nitrogens with zero attached hydrogens (tertiary/aromatic N) is 1. The summed E-state index contributed by atoms with van der Waals surface area (Å²) in [7, 11) is 1.57. The van der Waals surface area contributed by atoms with Gasteiger partial charge in [-0.3, -0.25) is 14.4 Å². The molecular formula is C26H29N3O6. The summed E-state index contributed by atoms with van der Waals surface area (Å²) >= 11 is 0. The highest BCUT2D eigenvalue weighted by Crippen LogP contribution is 2.30. The summed E-state index contributed by atoms with van der Waals surface area (Å²) < 4.78 is 10.6. The second kappa shape index (κ2) is 11.1. The van der Waals surface area contributed by atoms with Gasteiger partial charge in [0.25, 0.3) is 5.91 Å². The first-order valence-electron chi connectivity index (χ1n) is 11.6. The minimum Gasteiger partial charge on any atom is -0.497 e. The number of hydrogen-bond donors (Lipinski definition) is 3. The van der Waals surface area contributed by atoms with Crippen LogP contribution in [0, 0.1) is 11.8 Å². The first kappa shape index (κ1) is 24.3. The van der Waals surface area contributed by atoms with Crippen LogP contribution < -0.4 is 20.3 Å². The van der Waals surface area contributed by atoms with Crippen molar-refractivity contribution in [3.63, 3.8) is 0 Å². The number of carbonyl (C=O) groups is 3. The van der Waals surface area contributed by atoms with E-state index in [2.05, 4.69) is 15.5 Å². The molecule has 35 heavy (non-hydrogen) atoms. The third kappa shape index (κ3) is 5.81. The molecule has 0 bridgehead atoms. The fourth-order valence-corrected chi connectivity index (χ4v) is 4.36. The number of anilines is 3. The number of carboxylic acid groups (broad SMARTS) is 1. The Labute approximate surface area is 203 Å². The van der Waals surface area contributed by atoms with Crippen molar-refractivity contribution in [1.82, 2.24) is 0 Å². The number of nitrogens with one attached hydrogen (secondary N) is 2. The van der Waals surface area contributed by atoms with Crippen molar-refractivity contribution < 1.29 is 29.0 Å². The third-order valence-corrected chi connectivity index (χ3v) is 6.29. The zero-order valence-corrected chi connectivity index (χ0v) is 19.5.